The van der Waals surface area contributed by atoms with Crippen LogP contribution in [0.4, 0.5) is 4.39 Å². The van der Waals surface area contributed by atoms with Crippen molar-refractivity contribution >= 4 is 11.9 Å². The highest BCUT2D eigenvalue weighted by Gasteiger charge is 2.49. The summed E-state index contributed by atoms with van der Waals surface area (Å²) in [5.74, 6) is -0.285. The van der Waals surface area contributed by atoms with Crippen LogP contribution in [0.25, 0.3) is 0 Å². The van der Waals surface area contributed by atoms with Crippen LogP contribution >= 0.6 is 0 Å². The van der Waals surface area contributed by atoms with Gasteiger partial charge in [-0.15, -0.1) is 0 Å². The van der Waals surface area contributed by atoms with Crippen LogP contribution in [0.2, 0.25) is 0 Å². The Balaban J connectivity index is 1.20. The molecule has 0 bridgehead atoms. The molecule has 2 aromatic rings. The molecule has 3 aliphatic rings. The number of carbonyl (C=O) groups excluding carboxylic acids is 2. The molecular formula is C23H22FNO3. The van der Waals surface area contributed by atoms with Gasteiger partial charge in [-0.1, -0.05) is 30.3 Å². The Morgan fingerprint density at radius 1 is 1.11 bits per heavy atom. The fourth-order valence-electron chi connectivity index (χ4n) is 4.82. The zero-order valence-corrected chi connectivity index (χ0v) is 15.5. The Bertz CT molecular complexity index is 948. The number of halogens is 1. The molecule has 0 saturated heterocycles. The molecule has 0 unspecified atom stereocenters. The van der Waals surface area contributed by atoms with Crippen LogP contribution in [0.3, 0.4) is 0 Å². The van der Waals surface area contributed by atoms with E-state index in [0.29, 0.717) is 31.2 Å². The van der Waals surface area contributed by atoms with E-state index in [1.165, 1.54) is 6.07 Å². The van der Waals surface area contributed by atoms with Gasteiger partial charge >= 0.3 is 5.97 Å². The Kier molecular flexibility index (Phi) is 4.00. The molecule has 5 heteroatoms. The minimum atomic E-state index is -0.561. The first kappa shape index (κ1) is 17.4. The first-order chi connectivity index (χ1) is 13.6. The van der Waals surface area contributed by atoms with Crippen molar-refractivity contribution in [1.29, 1.82) is 0 Å². The highest BCUT2D eigenvalue weighted by molar-refractivity contribution is 5.94. The highest BCUT2D eigenvalue weighted by Crippen LogP contribution is 2.48. The number of nitrogens with one attached hydrogen (secondary N) is 1. The average Bonchev–Trinajstić information content (AvgIpc) is 3.42. The molecule has 1 aliphatic heterocycles. The second-order valence-electron chi connectivity index (χ2n) is 8.22. The predicted octanol–water partition coefficient (Wildman–Crippen LogP) is 4.05. The molecule has 2 fully saturated rings. The lowest BCUT2D eigenvalue weighted by Crippen LogP contribution is -2.39. The molecule has 2 saturated carbocycles. The number of esters is 1. The first-order valence-electron chi connectivity index (χ1n) is 9.94. The van der Waals surface area contributed by atoms with Gasteiger partial charge in [0.15, 0.2) is 0 Å². The summed E-state index contributed by atoms with van der Waals surface area (Å²) in [5.41, 5.74) is 2.00. The van der Waals surface area contributed by atoms with Crippen LogP contribution in [-0.4, -0.2) is 17.9 Å². The SMILES string of the molecule is O=C1OC2(CCC(C(=O)N[C@@H]3C[C@H]3c3cccc(F)c3)CC2)c2ccccc21. The van der Waals surface area contributed by atoms with Crippen LogP contribution in [0, 0.1) is 11.7 Å². The molecule has 1 heterocycles. The number of hydrogen-bond donors (Lipinski definition) is 1. The summed E-state index contributed by atoms with van der Waals surface area (Å²) in [5, 5.41) is 3.13. The molecule has 0 radical (unpaired) electrons. The van der Waals surface area contributed by atoms with Crippen molar-refractivity contribution < 1.29 is 18.7 Å². The maximum Gasteiger partial charge on any atom is 0.339 e. The number of carbonyl (C=O) groups is 2. The molecule has 2 atom stereocenters. The summed E-state index contributed by atoms with van der Waals surface area (Å²) < 4.78 is 19.2. The monoisotopic (exact) mass is 379 g/mol. The molecule has 28 heavy (non-hydrogen) atoms. The van der Waals surface area contributed by atoms with Gasteiger partial charge in [-0.05, 0) is 55.9 Å². The standard InChI is InChI=1S/C23H22FNO3/c24-16-5-3-4-15(12-16)18-13-20(18)25-21(26)14-8-10-23(11-9-14)19-7-2-1-6-17(19)22(27)28-23/h1-7,12,14,18,20H,8-11,13H2,(H,25,26)/t14?,18-,20+,23?/m0/s1. The van der Waals surface area contributed by atoms with Gasteiger partial charge in [-0.2, -0.15) is 0 Å². The minimum absolute atomic E-state index is 0.0640. The molecule has 1 spiro atoms. The van der Waals surface area contributed by atoms with Gasteiger partial charge in [0.05, 0.1) is 5.56 Å². The third-order valence-corrected chi connectivity index (χ3v) is 6.48. The van der Waals surface area contributed by atoms with Gasteiger partial charge in [-0.25, -0.2) is 9.18 Å². The molecule has 2 aromatic carbocycles. The van der Waals surface area contributed by atoms with E-state index in [0.717, 1.165) is 17.5 Å². The molecule has 1 amide bonds. The van der Waals surface area contributed by atoms with E-state index in [1.54, 1.807) is 12.1 Å². The molecular weight excluding hydrogens is 357 g/mol. The molecule has 144 valence electrons. The lowest BCUT2D eigenvalue weighted by atomic mass is 9.74. The van der Waals surface area contributed by atoms with E-state index in [1.807, 2.05) is 30.3 Å². The maximum absolute atomic E-state index is 13.4. The molecule has 4 nitrogen and oxygen atoms in total. The Morgan fingerprint density at radius 3 is 2.68 bits per heavy atom. The number of benzene rings is 2. The van der Waals surface area contributed by atoms with Crippen molar-refractivity contribution in [2.24, 2.45) is 5.92 Å². The van der Waals surface area contributed by atoms with E-state index in [2.05, 4.69) is 5.32 Å². The number of ether oxygens (including phenoxy) is 1. The predicted molar refractivity (Wildman–Crippen MR) is 101 cm³/mol. The van der Waals surface area contributed by atoms with Crippen molar-refractivity contribution in [2.45, 2.75) is 49.7 Å². The average molecular weight is 379 g/mol. The van der Waals surface area contributed by atoms with Crippen molar-refractivity contribution in [3.05, 3.63) is 71.0 Å². The first-order valence-corrected chi connectivity index (χ1v) is 9.94. The summed E-state index contributed by atoms with van der Waals surface area (Å²) in [6.07, 6.45) is 3.60. The van der Waals surface area contributed by atoms with E-state index in [9.17, 15) is 14.0 Å². The highest BCUT2D eigenvalue weighted by atomic mass is 19.1. The van der Waals surface area contributed by atoms with Gasteiger partial charge in [0.1, 0.15) is 11.4 Å². The molecule has 2 aliphatic carbocycles. The number of hydrogen-bond acceptors (Lipinski definition) is 3. The third kappa shape index (κ3) is 2.89. The van der Waals surface area contributed by atoms with E-state index >= 15 is 0 Å². The Hall–Kier alpha value is -2.69. The second-order valence-corrected chi connectivity index (χ2v) is 8.22. The Morgan fingerprint density at radius 2 is 1.89 bits per heavy atom. The zero-order valence-electron chi connectivity index (χ0n) is 15.5. The largest absolute Gasteiger partial charge is 0.451 e. The Labute approximate surface area is 163 Å². The van der Waals surface area contributed by atoms with Crippen LogP contribution in [0.15, 0.2) is 48.5 Å². The van der Waals surface area contributed by atoms with Gasteiger partial charge in [0.25, 0.3) is 0 Å². The van der Waals surface area contributed by atoms with Crippen molar-refractivity contribution in [3.8, 4) is 0 Å². The fourth-order valence-corrected chi connectivity index (χ4v) is 4.82. The number of fused-ring (bicyclic) bond motifs is 2. The number of amides is 1. The molecule has 5 rings (SSSR count). The van der Waals surface area contributed by atoms with Crippen molar-refractivity contribution in [2.75, 3.05) is 0 Å². The normalized spacial score (nSPS) is 30.6. The summed E-state index contributed by atoms with van der Waals surface area (Å²) in [7, 11) is 0. The quantitative estimate of drug-likeness (QED) is 0.819. The summed E-state index contributed by atoms with van der Waals surface area (Å²) in [4.78, 5) is 24.9. The van der Waals surface area contributed by atoms with Gasteiger partial charge in [0.2, 0.25) is 5.91 Å². The van der Waals surface area contributed by atoms with Gasteiger partial charge < -0.3 is 10.1 Å². The maximum atomic E-state index is 13.4. The van der Waals surface area contributed by atoms with Gasteiger partial charge in [-0.3, -0.25) is 4.79 Å². The van der Waals surface area contributed by atoms with Gasteiger partial charge in [0, 0.05) is 23.4 Å². The van der Waals surface area contributed by atoms with E-state index in [-0.39, 0.29) is 35.6 Å². The fraction of sp³-hybridized carbons (Fsp3) is 0.391. The van der Waals surface area contributed by atoms with Crippen LogP contribution < -0.4 is 5.32 Å². The summed E-state index contributed by atoms with van der Waals surface area (Å²) >= 11 is 0. The lowest BCUT2D eigenvalue weighted by molar-refractivity contribution is -0.128. The van der Waals surface area contributed by atoms with Crippen molar-refractivity contribution in [1.82, 2.24) is 5.32 Å². The number of rotatable bonds is 3. The smallest absolute Gasteiger partial charge is 0.339 e. The second kappa shape index (κ2) is 6.43. The molecule has 1 N–H and O–H groups in total. The van der Waals surface area contributed by atoms with E-state index < -0.39 is 5.60 Å². The zero-order chi connectivity index (χ0) is 19.3. The molecule has 0 aromatic heterocycles. The lowest BCUT2D eigenvalue weighted by Gasteiger charge is -2.36. The third-order valence-electron chi connectivity index (χ3n) is 6.48. The van der Waals surface area contributed by atoms with E-state index in [4.69, 9.17) is 4.74 Å². The van der Waals surface area contributed by atoms with Crippen LogP contribution in [0.5, 0.6) is 0 Å². The summed E-state index contributed by atoms with van der Waals surface area (Å²) in [6, 6.07) is 14.3. The van der Waals surface area contributed by atoms with Crippen molar-refractivity contribution in [3.63, 3.8) is 0 Å². The van der Waals surface area contributed by atoms with Crippen LogP contribution in [-0.2, 0) is 15.1 Å². The summed E-state index contributed by atoms with van der Waals surface area (Å²) in [6.45, 7) is 0. The van der Waals surface area contributed by atoms with Crippen LogP contribution in [0.1, 0.15) is 59.5 Å². The topological polar surface area (TPSA) is 55.4 Å². The minimum Gasteiger partial charge on any atom is -0.451 e.